The maximum absolute atomic E-state index is 3.91. The molecule has 0 unspecified atom stereocenters. The summed E-state index contributed by atoms with van der Waals surface area (Å²) in [5, 5.41) is 10.8. The number of anilines is 2. The highest BCUT2D eigenvalue weighted by Gasteiger charge is 1.92. The van der Waals surface area contributed by atoms with Crippen LogP contribution in [0, 0.1) is 0 Å². The smallest absolute Gasteiger partial charge is 0.153 e. The van der Waals surface area contributed by atoms with Crippen molar-refractivity contribution in [1.29, 1.82) is 0 Å². The molecular formula is C10H9N3. The molecule has 3 nitrogen and oxygen atoms in total. The van der Waals surface area contributed by atoms with E-state index in [0.717, 1.165) is 11.5 Å². The predicted molar refractivity (Wildman–Crippen MR) is 51.8 cm³/mol. The van der Waals surface area contributed by atoms with Gasteiger partial charge >= 0.3 is 0 Å². The van der Waals surface area contributed by atoms with Gasteiger partial charge in [-0.15, -0.1) is 5.10 Å². The van der Waals surface area contributed by atoms with E-state index >= 15 is 0 Å². The van der Waals surface area contributed by atoms with Gasteiger partial charge in [-0.3, -0.25) is 0 Å². The maximum Gasteiger partial charge on any atom is 0.153 e. The molecule has 0 aliphatic rings. The number of nitrogens with zero attached hydrogens (tertiary/aromatic N) is 2. The summed E-state index contributed by atoms with van der Waals surface area (Å²) in [6.45, 7) is 0. The number of hydrogen-bond acceptors (Lipinski definition) is 3. The van der Waals surface area contributed by atoms with E-state index in [9.17, 15) is 0 Å². The van der Waals surface area contributed by atoms with Gasteiger partial charge in [0.15, 0.2) is 5.82 Å². The lowest BCUT2D eigenvalue weighted by Crippen LogP contribution is -1.93. The third-order valence-electron chi connectivity index (χ3n) is 1.62. The molecule has 1 aromatic heterocycles. The van der Waals surface area contributed by atoms with E-state index in [4.69, 9.17) is 0 Å². The molecule has 0 bridgehead atoms. The summed E-state index contributed by atoms with van der Waals surface area (Å²) in [5.41, 5.74) is 1.02. The summed E-state index contributed by atoms with van der Waals surface area (Å²) in [6.07, 6.45) is 1.65. The molecule has 0 aliphatic heterocycles. The SMILES string of the molecule is c1ccc(Nc2cccnn2)cc1. The molecule has 0 amide bonds. The number of para-hydroxylation sites is 1. The number of aromatic nitrogens is 2. The number of rotatable bonds is 2. The van der Waals surface area contributed by atoms with Crippen molar-refractivity contribution in [3.63, 3.8) is 0 Å². The molecule has 0 aliphatic carbocycles. The third-order valence-corrected chi connectivity index (χ3v) is 1.62. The molecule has 1 heterocycles. The topological polar surface area (TPSA) is 37.8 Å². The molecule has 1 N–H and O–H groups in total. The molecule has 64 valence electrons. The van der Waals surface area contributed by atoms with Crippen LogP contribution in [0.5, 0.6) is 0 Å². The minimum Gasteiger partial charge on any atom is -0.339 e. The Kier molecular flexibility index (Phi) is 2.18. The molecule has 0 radical (unpaired) electrons. The lowest BCUT2D eigenvalue weighted by Gasteiger charge is -2.02. The van der Waals surface area contributed by atoms with E-state index in [1.54, 1.807) is 6.20 Å². The lowest BCUT2D eigenvalue weighted by molar-refractivity contribution is 1.04. The van der Waals surface area contributed by atoms with Gasteiger partial charge in [0.05, 0.1) is 0 Å². The van der Waals surface area contributed by atoms with Gasteiger partial charge in [0.25, 0.3) is 0 Å². The fraction of sp³-hybridized carbons (Fsp3) is 0. The van der Waals surface area contributed by atoms with Crippen molar-refractivity contribution in [3.05, 3.63) is 48.7 Å². The number of benzene rings is 1. The largest absolute Gasteiger partial charge is 0.339 e. The monoisotopic (exact) mass is 171 g/mol. The second kappa shape index (κ2) is 3.67. The third kappa shape index (κ3) is 2.02. The minimum atomic E-state index is 0.758. The zero-order valence-electron chi connectivity index (χ0n) is 7.01. The Morgan fingerprint density at radius 3 is 2.46 bits per heavy atom. The first-order chi connectivity index (χ1) is 6.45. The van der Waals surface area contributed by atoms with Crippen molar-refractivity contribution in [3.8, 4) is 0 Å². The van der Waals surface area contributed by atoms with Gasteiger partial charge in [-0.2, -0.15) is 5.10 Å². The highest BCUT2D eigenvalue weighted by atomic mass is 15.2. The summed E-state index contributed by atoms with van der Waals surface area (Å²) in [6, 6.07) is 13.6. The van der Waals surface area contributed by atoms with Crippen LogP contribution in [0.15, 0.2) is 48.7 Å². The van der Waals surface area contributed by atoms with E-state index in [2.05, 4.69) is 15.5 Å². The van der Waals surface area contributed by atoms with Crippen molar-refractivity contribution in [2.45, 2.75) is 0 Å². The summed E-state index contributed by atoms with van der Waals surface area (Å²) in [5.74, 6) is 0.758. The van der Waals surface area contributed by atoms with E-state index in [1.807, 2.05) is 42.5 Å². The van der Waals surface area contributed by atoms with E-state index < -0.39 is 0 Å². The zero-order chi connectivity index (χ0) is 8.93. The second-order valence-corrected chi connectivity index (χ2v) is 2.60. The Balaban J connectivity index is 2.16. The van der Waals surface area contributed by atoms with Gasteiger partial charge < -0.3 is 5.32 Å². The standard InChI is InChI=1S/C10H9N3/c1-2-5-9(6-3-1)12-10-7-4-8-11-13-10/h1-8H,(H,12,13). The van der Waals surface area contributed by atoms with Crippen molar-refractivity contribution in [2.24, 2.45) is 0 Å². The van der Waals surface area contributed by atoms with Gasteiger partial charge in [0.2, 0.25) is 0 Å². The van der Waals surface area contributed by atoms with Crippen LogP contribution in [0.4, 0.5) is 11.5 Å². The molecule has 0 spiro atoms. The van der Waals surface area contributed by atoms with E-state index in [1.165, 1.54) is 0 Å². The first kappa shape index (κ1) is 7.73. The van der Waals surface area contributed by atoms with Crippen molar-refractivity contribution in [2.75, 3.05) is 5.32 Å². The lowest BCUT2D eigenvalue weighted by atomic mass is 10.3. The van der Waals surface area contributed by atoms with E-state index in [0.29, 0.717) is 0 Å². The van der Waals surface area contributed by atoms with Gasteiger partial charge in [0.1, 0.15) is 0 Å². The second-order valence-electron chi connectivity index (χ2n) is 2.60. The average molecular weight is 171 g/mol. The van der Waals surface area contributed by atoms with Crippen molar-refractivity contribution < 1.29 is 0 Å². The molecular weight excluding hydrogens is 162 g/mol. The van der Waals surface area contributed by atoms with Crippen molar-refractivity contribution >= 4 is 11.5 Å². The average Bonchev–Trinajstić information content (AvgIpc) is 2.21. The van der Waals surface area contributed by atoms with Crippen LogP contribution < -0.4 is 5.32 Å². The van der Waals surface area contributed by atoms with Crippen LogP contribution in [-0.2, 0) is 0 Å². The molecule has 3 heteroatoms. The zero-order valence-corrected chi connectivity index (χ0v) is 7.01. The molecule has 2 rings (SSSR count). The van der Waals surface area contributed by atoms with Crippen LogP contribution in [0.1, 0.15) is 0 Å². The first-order valence-corrected chi connectivity index (χ1v) is 4.05. The number of hydrogen-bond donors (Lipinski definition) is 1. The highest BCUT2D eigenvalue weighted by Crippen LogP contribution is 2.11. The summed E-state index contributed by atoms with van der Waals surface area (Å²) in [7, 11) is 0. The van der Waals surface area contributed by atoms with Crippen molar-refractivity contribution in [1.82, 2.24) is 10.2 Å². The molecule has 0 saturated carbocycles. The molecule has 13 heavy (non-hydrogen) atoms. The number of nitrogens with one attached hydrogen (secondary N) is 1. The van der Waals surface area contributed by atoms with Crippen LogP contribution >= 0.6 is 0 Å². The first-order valence-electron chi connectivity index (χ1n) is 4.05. The summed E-state index contributed by atoms with van der Waals surface area (Å²) < 4.78 is 0. The van der Waals surface area contributed by atoms with Gasteiger partial charge in [-0.05, 0) is 24.3 Å². The van der Waals surface area contributed by atoms with Crippen LogP contribution in [0.25, 0.3) is 0 Å². The molecule has 1 aromatic carbocycles. The molecule has 0 atom stereocenters. The van der Waals surface area contributed by atoms with Crippen LogP contribution in [-0.4, -0.2) is 10.2 Å². The Hall–Kier alpha value is -1.90. The Morgan fingerprint density at radius 2 is 1.77 bits per heavy atom. The predicted octanol–water partition coefficient (Wildman–Crippen LogP) is 2.22. The summed E-state index contributed by atoms with van der Waals surface area (Å²) >= 11 is 0. The van der Waals surface area contributed by atoms with Crippen LogP contribution in [0.3, 0.4) is 0 Å². The van der Waals surface area contributed by atoms with Gasteiger partial charge in [-0.1, -0.05) is 18.2 Å². The Bertz CT molecular complexity index is 321. The summed E-state index contributed by atoms with van der Waals surface area (Å²) in [4.78, 5) is 0. The Morgan fingerprint density at radius 1 is 0.923 bits per heavy atom. The Labute approximate surface area is 76.4 Å². The maximum atomic E-state index is 3.91. The fourth-order valence-electron chi connectivity index (χ4n) is 1.04. The molecule has 2 aromatic rings. The molecule has 0 fully saturated rings. The molecule has 0 saturated heterocycles. The van der Waals surface area contributed by atoms with Gasteiger partial charge in [0, 0.05) is 11.9 Å². The quantitative estimate of drug-likeness (QED) is 0.752. The van der Waals surface area contributed by atoms with Gasteiger partial charge in [-0.25, -0.2) is 0 Å². The fourth-order valence-corrected chi connectivity index (χ4v) is 1.04. The highest BCUT2D eigenvalue weighted by molar-refractivity contribution is 5.54. The van der Waals surface area contributed by atoms with E-state index in [-0.39, 0.29) is 0 Å². The minimum absolute atomic E-state index is 0.758. The normalized spacial score (nSPS) is 9.54. The van der Waals surface area contributed by atoms with Crippen LogP contribution in [0.2, 0.25) is 0 Å².